The molecule has 0 saturated heterocycles. The minimum atomic E-state index is -4.79. The van der Waals surface area contributed by atoms with Crippen molar-refractivity contribution in [2.24, 2.45) is 0 Å². The first-order chi connectivity index (χ1) is 12.2. The molecule has 0 unspecified atom stereocenters. The Morgan fingerprint density at radius 3 is 2.58 bits per heavy atom. The van der Waals surface area contributed by atoms with Crippen LogP contribution in [0.2, 0.25) is 5.02 Å². The maximum Gasteiger partial charge on any atom is 0.416 e. The third-order valence-corrected chi connectivity index (χ3v) is 3.44. The fourth-order valence-corrected chi connectivity index (χ4v) is 2.26. The first-order valence-electron chi connectivity index (χ1n) is 7.01. The summed E-state index contributed by atoms with van der Waals surface area (Å²) in [6.07, 6.45) is -4.79. The topological polar surface area (TPSA) is 68.0 Å². The molecule has 0 aliphatic rings. The summed E-state index contributed by atoms with van der Waals surface area (Å²) in [6, 6.07) is 7.57. The van der Waals surface area contributed by atoms with E-state index in [0.717, 1.165) is 0 Å². The van der Waals surface area contributed by atoms with E-state index in [-0.39, 0.29) is 11.9 Å². The number of hydrogen-bond donors (Lipinski definition) is 1. The fourth-order valence-electron chi connectivity index (χ4n) is 2.07. The summed E-state index contributed by atoms with van der Waals surface area (Å²) in [5.41, 5.74) is -1.34. The van der Waals surface area contributed by atoms with Crippen LogP contribution < -0.4 is 5.32 Å². The Morgan fingerprint density at radius 1 is 1.12 bits per heavy atom. The van der Waals surface area contributed by atoms with E-state index in [1.165, 1.54) is 0 Å². The Labute approximate surface area is 148 Å². The number of nitrogens with zero attached hydrogens (tertiary/aromatic N) is 2. The molecule has 1 heterocycles. The van der Waals surface area contributed by atoms with Crippen molar-refractivity contribution in [1.82, 2.24) is 10.2 Å². The van der Waals surface area contributed by atoms with Gasteiger partial charge < -0.3 is 4.42 Å². The van der Waals surface area contributed by atoms with Crippen molar-refractivity contribution in [1.29, 1.82) is 0 Å². The monoisotopic (exact) mass is 385 g/mol. The Kier molecular flexibility index (Phi) is 4.64. The molecule has 0 radical (unpaired) electrons. The highest BCUT2D eigenvalue weighted by Crippen LogP contribution is 2.30. The minimum Gasteiger partial charge on any atom is -0.403 e. The average Bonchev–Trinajstić information content (AvgIpc) is 3.02. The standard InChI is InChI=1S/C16H8ClF4N3O2/c17-11-3-1-2-8(5-11)14-23-24-15(26-14)22-13(25)9-4-10(16(19,20)21)7-12(18)6-9/h1-7H,(H,22,24,25). The van der Waals surface area contributed by atoms with Gasteiger partial charge in [0.1, 0.15) is 5.82 Å². The molecule has 2 aromatic carbocycles. The Balaban J connectivity index is 1.82. The van der Waals surface area contributed by atoms with E-state index in [4.69, 9.17) is 16.0 Å². The number of carbonyl (C=O) groups is 1. The number of hydrogen-bond acceptors (Lipinski definition) is 4. The number of aromatic nitrogens is 2. The third-order valence-electron chi connectivity index (χ3n) is 3.20. The number of halogens is 5. The van der Waals surface area contributed by atoms with Gasteiger partial charge in [-0.15, -0.1) is 5.10 Å². The van der Waals surface area contributed by atoms with Crippen LogP contribution in [-0.2, 0) is 6.18 Å². The summed E-state index contributed by atoms with van der Waals surface area (Å²) < 4.78 is 56.7. The first-order valence-corrected chi connectivity index (χ1v) is 7.39. The molecule has 3 rings (SSSR count). The molecular weight excluding hydrogens is 378 g/mol. The van der Waals surface area contributed by atoms with Gasteiger partial charge in [0.25, 0.3) is 5.91 Å². The number of amides is 1. The van der Waals surface area contributed by atoms with E-state index in [9.17, 15) is 22.4 Å². The summed E-state index contributed by atoms with van der Waals surface area (Å²) in [5.74, 6) is -2.19. The zero-order chi connectivity index (χ0) is 18.9. The molecule has 0 aliphatic heterocycles. The molecular formula is C16H8ClF4N3O2. The lowest BCUT2D eigenvalue weighted by Crippen LogP contribution is -2.15. The van der Waals surface area contributed by atoms with Crippen molar-refractivity contribution in [3.8, 4) is 11.5 Å². The molecule has 0 saturated carbocycles. The lowest BCUT2D eigenvalue weighted by atomic mass is 10.1. The largest absolute Gasteiger partial charge is 0.416 e. The van der Waals surface area contributed by atoms with Gasteiger partial charge in [-0.05, 0) is 36.4 Å². The Hall–Kier alpha value is -2.94. The predicted molar refractivity (Wildman–Crippen MR) is 84.1 cm³/mol. The highest BCUT2D eigenvalue weighted by atomic mass is 35.5. The lowest BCUT2D eigenvalue weighted by Gasteiger charge is -2.08. The van der Waals surface area contributed by atoms with Crippen LogP contribution in [-0.4, -0.2) is 16.1 Å². The van der Waals surface area contributed by atoms with Gasteiger partial charge in [-0.25, -0.2) is 4.39 Å². The van der Waals surface area contributed by atoms with Crippen molar-refractivity contribution in [2.75, 3.05) is 5.32 Å². The van der Waals surface area contributed by atoms with E-state index in [1.54, 1.807) is 24.3 Å². The van der Waals surface area contributed by atoms with Gasteiger partial charge in [0, 0.05) is 16.1 Å². The van der Waals surface area contributed by atoms with Crippen LogP contribution in [0.5, 0.6) is 0 Å². The molecule has 1 amide bonds. The summed E-state index contributed by atoms with van der Waals surface area (Å²) in [6.45, 7) is 0. The molecule has 5 nitrogen and oxygen atoms in total. The second-order valence-electron chi connectivity index (χ2n) is 5.10. The van der Waals surface area contributed by atoms with E-state index >= 15 is 0 Å². The Morgan fingerprint density at radius 2 is 1.88 bits per heavy atom. The van der Waals surface area contributed by atoms with Gasteiger partial charge in [0.05, 0.1) is 5.56 Å². The smallest absolute Gasteiger partial charge is 0.403 e. The van der Waals surface area contributed by atoms with Gasteiger partial charge in [-0.1, -0.05) is 22.8 Å². The molecule has 0 fully saturated rings. The number of benzene rings is 2. The molecule has 3 aromatic rings. The molecule has 0 bridgehead atoms. The number of nitrogens with one attached hydrogen (secondary N) is 1. The van der Waals surface area contributed by atoms with Crippen molar-refractivity contribution in [3.05, 3.63) is 64.4 Å². The zero-order valence-electron chi connectivity index (χ0n) is 12.6. The second kappa shape index (κ2) is 6.75. The van der Waals surface area contributed by atoms with Crippen LogP contribution in [0, 0.1) is 5.82 Å². The molecule has 0 aliphatic carbocycles. The van der Waals surface area contributed by atoms with Crippen LogP contribution in [0.1, 0.15) is 15.9 Å². The maximum absolute atomic E-state index is 13.4. The van der Waals surface area contributed by atoms with E-state index < -0.39 is 29.0 Å². The molecule has 26 heavy (non-hydrogen) atoms. The molecule has 0 atom stereocenters. The maximum atomic E-state index is 13.4. The fraction of sp³-hybridized carbons (Fsp3) is 0.0625. The number of anilines is 1. The van der Waals surface area contributed by atoms with Crippen molar-refractivity contribution in [3.63, 3.8) is 0 Å². The van der Waals surface area contributed by atoms with E-state index in [1.807, 2.05) is 0 Å². The van der Waals surface area contributed by atoms with Crippen LogP contribution in [0.15, 0.2) is 46.9 Å². The van der Waals surface area contributed by atoms with Crippen LogP contribution in [0.25, 0.3) is 11.5 Å². The summed E-state index contributed by atoms with van der Waals surface area (Å²) in [7, 11) is 0. The van der Waals surface area contributed by atoms with Crippen LogP contribution >= 0.6 is 11.6 Å². The number of rotatable bonds is 3. The van der Waals surface area contributed by atoms with Gasteiger partial charge in [0.2, 0.25) is 5.89 Å². The van der Waals surface area contributed by atoms with Crippen LogP contribution in [0.3, 0.4) is 0 Å². The third kappa shape index (κ3) is 3.99. The Bertz CT molecular complexity index is 972. The van der Waals surface area contributed by atoms with Crippen LogP contribution in [0.4, 0.5) is 23.6 Å². The molecule has 1 N–H and O–H groups in total. The highest BCUT2D eigenvalue weighted by molar-refractivity contribution is 6.30. The van der Waals surface area contributed by atoms with Gasteiger partial charge >= 0.3 is 12.2 Å². The zero-order valence-corrected chi connectivity index (χ0v) is 13.4. The van der Waals surface area contributed by atoms with Gasteiger partial charge in [-0.2, -0.15) is 13.2 Å². The summed E-state index contributed by atoms with van der Waals surface area (Å²) in [5, 5.41) is 9.82. The highest BCUT2D eigenvalue weighted by Gasteiger charge is 2.32. The molecule has 0 spiro atoms. The van der Waals surface area contributed by atoms with E-state index in [2.05, 4.69) is 15.5 Å². The first kappa shape index (κ1) is 17.9. The lowest BCUT2D eigenvalue weighted by molar-refractivity contribution is -0.137. The second-order valence-corrected chi connectivity index (χ2v) is 5.54. The average molecular weight is 386 g/mol. The number of alkyl halides is 3. The number of carbonyl (C=O) groups excluding carboxylic acids is 1. The molecule has 1 aromatic heterocycles. The van der Waals surface area contributed by atoms with Gasteiger partial charge in [0.15, 0.2) is 0 Å². The quantitative estimate of drug-likeness (QED) is 0.657. The normalized spacial score (nSPS) is 11.4. The molecule has 10 heteroatoms. The molecule has 134 valence electrons. The van der Waals surface area contributed by atoms with Crippen molar-refractivity contribution in [2.45, 2.75) is 6.18 Å². The summed E-state index contributed by atoms with van der Waals surface area (Å²) >= 11 is 5.85. The summed E-state index contributed by atoms with van der Waals surface area (Å²) in [4.78, 5) is 12.1. The predicted octanol–water partition coefficient (Wildman–Crippen LogP) is 4.80. The minimum absolute atomic E-state index is 0.0398. The van der Waals surface area contributed by atoms with Gasteiger partial charge in [-0.3, -0.25) is 10.1 Å². The van der Waals surface area contributed by atoms with E-state index in [0.29, 0.717) is 28.8 Å². The SMILES string of the molecule is O=C(Nc1nnc(-c2cccc(Cl)c2)o1)c1cc(F)cc(C(F)(F)F)c1. The van der Waals surface area contributed by atoms with Crippen molar-refractivity contribution < 1.29 is 26.8 Å². The van der Waals surface area contributed by atoms with Crippen molar-refractivity contribution >= 4 is 23.5 Å².